The van der Waals surface area contributed by atoms with Crippen molar-refractivity contribution in [1.29, 1.82) is 0 Å². The summed E-state index contributed by atoms with van der Waals surface area (Å²) in [5.41, 5.74) is 0. The van der Waals surface area contributed by atoms with Gasteiger partial charge >= 0.3 is 9.53 Å². The van der Waals surface area contributed by atoms with Gasteiger partial charge in [-0.15, -0.1) is 0 Å². The van der Waals surface area contributed by atoms with Gasteiger partial charge in [0.05, 0.1) is 0 Å². The van der Waals surface area contributed by atoms with E-state index in [-0.39, 0.29) is 0 Å². The Hall–Kier alpha value is 0.668. The lowest BCUT2D eigenvalue weighted by Gasteiger charge is -2.02. The summed E-state index contributed by atoms with van der Waals surface area (Å²) in [6.07, 6.45) is 0. The van der Waals surface area contributed by atoms with E-state index in [0.29, 0.717) is 10.5 Å². The minimum atomic E-state index is -2.80. The summed E-state index contributed by atoms with van der Waals surface area (Å²) in [5.74, 6) is 0. The maximum Gasteiger partial charge on any atom is 0.469 e. The Bertz CT molecular complexity index is 54.9. The Labute approximate surface area is 62.6 Å². The van der Waals surface area contributed by atoms with Gasteiger partial charge in [-0.05, 0) is 0 Å². The molecule has 0 atom stereocenters. The topological polar surface area (TPSA) is 68.2 Å². The quantitative estimate of drug-likeness (QED) is 0.345. The van der Waals surface area contributed by atoms with Gasteiger partial charge in [-0.2, -0.15) is 0 Å². The highest BCUT2D eigenvalue weighted by Gasteiger charge is 2.00. The Morgan fingerprint density at radius 3 is 2.44 bits per heavy atom. The first-order valence-corrected chi connectivity index (χ1v) is 6.95. The van der Waals surface area contributed by atoms with Crippen LogP contribution in [0.25, 0.3) is 0 Å². The minimum absolute atomic E-state index is 0.692. The van der Waals surface area contributed by atoms with Gasteiger partial charge in [0.2, 0.25) is 0 Å². The molecular weight excluding hydrogens is 192 g/mol. The minimum Gasteiger partial charge on any atom is -0.449 e. The van der Waals surface area contributed by atoms with Gasteiger partial charge in [0.1, 0.15) is 10.5 Å². The zero-order valence-electron chi connectivity index (χ0n) is 5.11. The molecule has 9 heavy (non-hydrogen) atoms. The molecule has 0 radical (unpaired) electrons. The first-order chi connectivity index (χ1) is 4.27. The van der Waals surface area contributed by atoms with Gasteiger partial charge in [0.15, 0.2) is 0 Å². The molecule has 0 rings (SSSR count). The van der Waals surface area contributed by atoms with Crippen molar-refractivity contribution in [1.82, 2.24) is 0 Å². The standard InChI is InChI=1S/H10O5Si4/c1-9(2)5-8-4-7-3-6/h1-2,9H,7-8H2,6H3. The highest BCUT2D eigenvalue weighted by atomic mass is 28.4. The second-order valence-corrected chi connectivity index (χ2v) is 7.62. The van der Waals surface area contributed by atoms with Crippen LogP contribution in [-0.4, -0.2) is 49.6 Å². The smallest absolute Gasteiger partial charge is 0.449 e. The summed E-state index contributed by atoms with van der Waals surface area (Å²) < 4.78 is 14.1. The fourth-order valence-corrected chi connectivity index (χ4v) is 4.40. The molecule has 5 nitrogen and oxygen atoms in total. The molecular formula is H10O5Si4. The zero-order chi connectivity index (χ0) is 7.11. The third-order valence-electron chi connectivity index (χ3n) is 0.502. The molecule has 0 unspecified atom stereocenters. The average Bonchev–Trinajstić information content (AvgIpc) is 1.80. The van der Waals surface area contributed by atoms with Crippen molar-refractivity contribution in [2.24, 2.45) is 0 Å². The fourth-order valence-electron chi connectivity index (χ4n) is 0.226. The first-order valence-electron chi connectivity index (χ1n) is 2.32. The predicted octanol–water partition coefficient (Wildman–Crippen LogP) is -4.98. The molecule has 0 fully saturated rings. The second-order valence-electron chi connectivity index (χ2n) is 1.22. The summed E-state index contributed by atoms with van der Waals surface area (Å²) >= 11 is 0. The number of hydrogen-bond donors (Lipinski definition) is 2. The molecule has 2 N–H and O–H groups in total. The van der Waals surface area contributed by atoms with Crippen molar-refractivity contribution in [2.75, 3.05) is 0 Å². The highest BCUT2D eigenvalue weighted by molar-refractivity contribution is 6.47. The fraction of sp³-hybridized carbons (Fsp3) is 0. The van der Waals surface area contributed by atoms with Crippen LogP contribution in [0.15, 0.2) is 0 Å². The average molecular weight is 202 g/mol. The van der Waals surface area contributed by atoms with E-state index in [0.717, 1.165) is 0 Å². The van der Waals surface area contributed by atoms with Crippen molar-refractivity contribution >= 4 is 40.0 Å². The number of hydrogen-bond acceptors (Lipinski definition) is 5. The van der Waals surface area contributed by atoms with Gasteiger partial charge in [-0.3, -0.25) is 0 Å². The molecule has 56 valence electrons. The van der Waals surface area contributed by atoms with E-state index < -0.39 is 29.5 Å². The maximum atomic E-state index is 8.26. The SMILES string of the molecule is O[SiH](O)O[SiH2]O[SiH2]O[SiH3]. The molecule has 0 aliphatic heterocycles. The molecule has 0 aliphatic carbocycles. The van der Waals surface area contributed by atoms with E-state index in [2.05, 4.69) is 4.12 Å². The van der Waals surface area contributed by atoms with Gasteiger partial charge in [0.25, 0.3) is 20.0 Å². The molecule has 0 saturated heterocycles. The Morgan fingerprint density at radius 1 is 1.33 bits per heavy atom. The Kier molecular flexibility index (Phi) is 7.29. The lowest BCUT2D eigenvalue weighted by molar-refractivity contribution is 0.275. The third kappa shape index (κ3) is 8.67. The Morgan fingerprint density at radius 2 is 2.00 bits per heavy atom. The summed E-state index contributed by atoms with van der Waals surface area (Å²) in [6.45, 7) is 0. The second kappa shape index (κ2) is 6.78. The van der Waals surface area contributed by atoms with Crippen LogP contribution in [0.1, 0.15) is 0 Å². The van der Waals surface area contributed by atoms with Gasteiger partial charge in [0, 0.05) is 0 Å². The lowest BCUT2D eigenvalue weighted by atomic mass is 15.7. The molecule has 0 aromatic rings. The molecule has 0 spiro atoms. The lowest BCUT2D eigenvalue weighted by Crippen LogP contribution is -2.22. The van der Waals surface area contributed by atoms with E-state index in [1.165, 1.54) is 0 Å². The summed E-state index contributed by atoms with van der Waals surface area (Å²) in [6, 6.07) is 0. The van der Waals surface area contributed by atoms with E-state index in [1.54, 1.807) is 0 Å². The largest absolute Gasteiger partial charge is 0.469 e. The molecule has 0 heterocycles. The van der Waals surface area contributed by atoms with Crippen LogP contribution in [0.3, 0.4) is 0 Å². The van der Waals surface area contributed by atoms with Crippen molar-refractivity contribution in [3.05, 3.63) is 0 Å². The van der Waals surface area contributed by atoms with Crippen molar-refractivity contribution in [3.63, 3.8) is 0 Å². The molecule has 0 bridgehead atoms. The summed E-state index contributed by atoms with van der Waals surface area (Å²) in [7, 11) is -4.06. The van der Waals surface area contributed by atoms with E-state index in [9.17, 15) is 0 Å². The van der Waals surface area contributed by atoms with E-state index in [4.69, 9.17) is 17.8 Å². The van der Waals surface area contributed by atoms with Gasteiger partial charge < -0.3 is 21.9 Å². The first kappa shape index (κ1) is 9.67. The highest BCUT2D eigenvalue weighted by Crippen LogP contribution is 1.72. The van der Waals surface area contributed by atoms with Crippen molar-refractivity contribution < 1.29 is 21.9 Å². The van der Waals surface area contributed by atoms with Crippen LogP contribution in [0, 0.1) is 0 Å². The summed E-state index contributed by atoms with van der Waals surface area (Å²) in [4.78, 5) is 16.5. The molecule has 0 amide bonds. The van der Waals surface area contributed by atoms with Crippen LogP contribution < -0.4 is 0 Å². The molecule has 0 aliphatic rings. The summed E-state index contributed by atoms with van der Waals surface area (Å²) in [5, 5.41) is 0. The molecule has 0 saturated carbocycles. The van der Waals surface area contributed by atoms with E-state index in [1.807, 2.05) is 0 Å². The molecule has 0 aromatic carbocycles. The molecule has 9 heteroatoms. The van der Waals surface area contributed by atoms with Crippen LogP contribution in [0.4, 0.5) is 0 Å². The third-order valence-corrected chi connectivity index (χ3v) is 4.51. The van der Waals surface area contributed by atoms with Crippen molar-refractivity contribution in [2.45, 2.75) is 0 Å². The zero-order valence-corrected chi connectivity index (χ0v) is 11.1. The van der Waals surface area contributed by atoms with Crippen LogP contribution >= 0.6 is 0 Å². The normalized spacial score (nSPS) is 13.7. The van der Waals surface area contributed by atoms with Crippen LogP contribution in [0.2, 0.25) is 0 Å². The molecule has 0 aromatic heterocycles. The number of rotatable bonds is 5. The van der Waals surface area contributed by atoms with Crippen LogP contribution in [0.5, 0.6) is 0 Å². The predicted molar refractivity (Wildman–Crippen MR) is 41.9 cm³/mol. The maximum absolute atomic E-state index is 8.26. The van der Waals surface area contributed by atoms with Crippen LogP contribution in [-0.2, 0) is 12.3 Å². The van der Waals surface area contributed by atoms with Crippen molar-refractivity contribution in [3.8, 4) is 0 Å². The van der Waals surface area contributed by atoms with Gasteiger partial charge in [-0.25, -0.2) is 0 Å². The van der Waals surface area contributed by atoms with Gasteiger partial charge in [-0.1, -0.05) is 0 Å². The van der Waals surface area contributed by atoms with E-state index >= 15 is 0 Å². The monoisotopic (exact) mass is 202 g/mol. The Balaban J connectivity index is 2.75.